The molecular formula is C15H12ClFN4. The number of aromatic nitrogens is 3. The highest BCUT2D eigenvalue weighted by Crippen LogP contribution is 2.27. The normalized spacial score (nSPS) is 10.8. The third-order valence-corrected chi connectivity index (χ3v) is 3.34. The Morgan fingerprint density at radius 2 is 1.90 bits per heavy atom. The van der Waals surface area contributed by atoms with Crippen molar-refractivity contribution in [3.05, 3.63) is 65.1 Å². The Morgan fingerprint density at radius 3 is 2.57 bits per heavy atom. The van der Waals surface area contributed by atoms with Gasteiger partial charge in [0.1, 0.15) is 11.5 Å². The van der Waals surface area contributed by atoms with Crippen molar-refractivity contribution >= 4 is 11.6 Å². The van der Waals surface area contributed by atoms with Crippen molar-refractivity contribution in [2.45, 2.75) is 6.54 Å². The van der Waals surface area contributed by atoms with Gasteiger partial charge in [-0.2, -0.15) is 0 Å². The van der Waals surface area contributed by atoms with Crippen LogP contribution < -0.4 is 5.73 Å². The number of rotatable bonds is 3. The summed E-state index contributed by atoms with van der Waals surface area (Å²) in [4.78, 5) is 0. The maximum Gasteiger partial charge on any atom is 0.123 e. The second kappa shape index (κ2) is 5.63. The van der Waals surface area contributed by atoms with Crippen molar-refractivity contribution in [2.24, 2.45) is 5.73 Å². The third kappa shape index (κ3) is 2.66. The van der Waals surface area contributed by atoms with Crippen molar-refractivity contribution in [3.8, 4) is 16.9 Å². The minimum Gasteiger partial charge on any atom is -0.325 e. The summed E-state index contributed by atoms with van der Waals surface area (Å²) >= 11 is 6.05. The lowest BCUT2D eigenvalue weighted by atomic mass is 10.1. The van der Waals surface area contributed by atoms with E-state index in [1.807, 2.05) is 18.2 Å². The first-order valence-corrected chi connectivity index (χ1v) is 6.73. The first kappa shape index (κ1) is 13.7. The van der Waals surface area contributed by atoms with E-state index in [0.717, 1.165) is 11.3 Å². The largest absolute Gasteiger partial charge is 0.325 e. The van der Waals surface area contributed by atoms with E-state index in [2.05, 4.69) is 10.3 Å². The fraction of sp³-hybridized carbons (Fsp3) is 0.0667. The number of halogens is 2. The topological polar surface area (TPSA) is 56.7 Å². The molecule has 0 aliphatic carbocycles. The molecule has 21 heavy (non-hydrogen) atoms. The average Bonchev–Trinajstić information content (AvgIpc) is 2.92. The standard InChI is InChI=1S/C15H12ClFN4/c16-11-3-1-2-10(8-11)15-14(9-18)19-20-21(15)13-6-4-12(17)5-7-13/h1-8H,9,18H2. The molecule has 3 rings (SSSR count). The lowest BCUT2D eigenvalue weighted by molar-refractivity contribution is 0.627. The first-order chi connectivity index (χ1) is 10.2. The average molecular weight is 303 g/mol. The van der Waals surface area contributed by atoms with Crippen molar-refractivity contribution in [1.82, 2.24) is 15.0 Å². The summed E-state index contributed by atoms with van der Waals surface area (Å²) in [6, 6.07) is 13.4. The molecule has 1 aromatic heterocycles. The van der Waals surface area contributed by atoms with E-state index >= 15 is 0 Å². The molecule has 0 radical (unpaired) electrons. The van der Waals surface area contributed by atoms with E-state index in [-0.39, 0.29) is 12.4 Å². The second-order valence-corrected chi connectivity index (χ2v) is 4.92. The molecule has 0 fully saturated rings. The summed E-state index contributed by atoms with van der Waals surface area (Å²) < 4.78 is 14.7. The van der Waals surface area contributed by atoms with Gasteiger partial charge in [0.05, 0.1) is 11.4 Å². The molecule has 1 heterocycles. The van der Waals surface area contributed by atoms with E-state index in [1.165, 1.54) is 12.1 Å². The van der Waals surface area contributed by atoms with Crippen molar-refractivity contribution < 1.29 is 4.39 Å². The lowest BCUT2D eigenvalue weighted by Gasteiger charge is -2.08. The van der Waals surface area contributed by atoms with E-state index in [0.29, 0.717) is 16.4 Å². The quantitative estimate of drug-likeness (QED) is 0.808. The van der Waals surface area contributed by atoms with Gasteiger partial charge in [0.15, 0.2) is 0 Å². The van der Waals surface area contributed by atoms with Crippen molar-refractivity contribution in [2.75, 3.05) is 0 Å². The highest BCUT2D eigenvalue weighted by Gasteiger charge is 2.15. The SMILES string of the molecule is NCc1nnn(-c2ccc(F)cc2)c1-c1cccc(Cl)c1. The van der Waals surface area contributed by atoms with Gasteiger partial charge < -0.3 is 5.73 Å². The Hall–Kier alpha value is -2.24. The third-order valence-electron chi connectivity index (χ3n) is 3.10. The fourth-order valence-electron chi connectivity index (χ4n) is 2.14. The Labute approximate surface area is 126 Å². The van der Waals surface area contributed by atoms with Gasteiger partial charge in [-0.25, -0.2) is 9.07 Å². The van der Waals surface area contributed by atoms with Crippen LogP contribution in [0.5, 0.6) is 0 Å². The molecule has 0 saturated heterocycles. The Morgan fingerprint density at radius 1 is 1.14 bits per heavy atom. The molecule has 0 amide bonds. The summed E-state index contributed by atoms with van der Waals surface area (Å²) in [5, 5.41) is 8.82. The molecule has 0 bridgehead atoms. The van der Waals surface area contributed by atoms with Gasteiger partial charge >= 0.3 is 0 Å². The zero-order valence-corrected chi connectivity index (χ0v) is 11.8. The van der Waals surface area contributed by atoms with Gasteiger partial charge in [-0.15, -0.1) is 5.10 Å². The summed E-state index contributed by atoms with van der Waals surface area (Å²) in [7, 11) is 0. The predicted molar refractivity (Wildman–Crippen MR) is 79.7 cm³/mol. The summed E-state index contributed by atoms with van der Waals surface area (Å²) in [6.45, 7) is 0.253. The highest BCUT2D eigenvalue weighted by atomic mass is 35.5. The monoisotopic (exact) mass is 302 g/mol. The van der Waals surface area contributed by atoms with Crippen LogP contribution in [0.1, 0.15) is 5.69 Å². The Balaban J connectivity index is 2.19. The predicted octanol–water partition coefficient (Wildman–Crippen LogP) is 3.19. The summed E-state index contributed by atoms with van der Waals surface area (Å²) in [5.41, 5.74) is 8.71. The number of hydrogen-bond donors (Lipinski definition) is 1. The van der Waals surface area contributed by atoms with Crippen LogP contribution in [0.3, 0.4) is 0 Å². The van der Waals surface area contributed by atoms with Gasteiger partial charge in [-0.3, -0.25) is 0 Å². The van der Waals surface area contributed by atoms with E-state index in [1.54, 1.807) is 22.9 Å². The molecule has 0 aliphatic heterocycles. The Bertz CT molecular complexity index is 768. The molecule has 2 aromatic carbocycles. The molecule has 0 atom stereocenters. The van der Waals surface area contributed by atoms with Crippen LogP contribution in [0.25, 0.3) is 16.9 Å². The van der Waals surface area contributed by atoms with Crippen LogP contribution in [-0.2, 0) is 6.54 Å². The zero-order chi connectivity index (χ0) is 14.8. The molecule has 6 heteroatoms. The number of nitrogens with zero attached hydrogens (tertiary/aromatic N) is 3. The maximum atomic E-state index is 13.1. The molecule has 3 aromatic rings. The van der Waals surface area contributed by atoms with Crippen LogP contribution in [0.4, 0.5) is 4.39 Å². The molecule has 4 nitrogen and oxygen atoms in total. The van der Waals surface area contributed by atoms with Gasteiger partial charge in [-0.1, -0.05) is 28.9 Å². The van der Waals surface area contributed by atoms with Gasteiger partial charge in [0, 0.05) is 17.1 Å². The van der Waals surface area contributed by atoms with Crippen LogP contribution >= 0.6 is 11.6 Å². The highest BCUT2D eigenvalue weighted by molar-refractivity contribution is 6.30. The minimum absolute atomic E-state index is 0.253. The Kier molecular flexibility index (Phi) is 3.68. The first-order valence-electron chi connectivity index (χ1n) is 6.35. The number of nitrogens with two attached hydrogens (primary N) is 1. The van der Waals surface area contributed by atoms with E-state index in [9.17, 15) is 4.39 Å². The van der Waals surface area contributed by atoms with Crippen LogP contribution in [0.15, 0.2) is 48.5 Å². The molecule has 106 valence electrons. The van der Waals surface area contributed by atoms with Crippen molar-refractivity contribution in [1.29, 1.82) is 0 Å². The molecule has 0 aliphatic rings. The smallest absolute Gasteiger partial charge is 0.123 e. The van der Waals surface area contributed by atoms with Gasteiger partial charge in [0.2, 0.25) is 0 Å². The summed E-state index contributed by atoms with van der Waals surface area (Å²) in [6.07, 6.45) is 0. The maximum absolute atomic E-state index is 13.1. The fourth-order valence-corrected chi connectivity index (χ4v) is 2.33. The molecule has 0 saturated carbocycles. The van der Waals surface area contributed by atoms with Crippen LogP contribution in [0.2, 0.25) is 5.02 Å². The molecular weight excluding hydrogens is 291 g/mol. The minimum atomic E-state index is -0.304. The molecule has 0 unspecified atom stereocenters. The molecule has 2 N–H and O–H groups in total. The number of hydrogen-bond acceptors (Lipinski definition) is 3. The van der Waals surface area contributed by atoms with Crippen LogP contribution in [-0.4, -0.2) is 15.0 Å². The van der Waals surface area contributed by atoms with Gasteiger partial charge in [-0.05, 0) is 36.4 Å². The van der Waals surface area contributed by atoms with Crippen LogP contribution in [0, 0.1) is 5.82 Å². The lowest BCUT2D eigenvalue weighted by Crippen LogP contribution is -2.02. The summed E-state index contributed by atoms with van der Waals surface area (Å²) in [5.74, 6) is -0.304. The van der Waals surface area contributed by atoms with Gasteiger partial charge in [0.25, 0.3) is 0 Å². The second-order valence-electron chi connectivity index (χ2n) is 4.49. The molecule has 0 spiro atoms. The van der Waals surface area contributed by atoms with E-state index in [4.69, 9.17) is 17.3 Å². The zero-order valence-electron chi connectivity index (χ0n) is 11.0. The number of benzene rings is 2. The van der Waals surface area contributed by atoms with Crippen molar-refractivity contribution in [3.63, 3.8) is 0 Å². The van der Waals surface area contributed by atoms with E-state index < -0.39 is 0 Å².